The van der Waals surface area contributed by atoms with E-state index in [9.17, 15) is 0 Å². The molecular formula is C11H15N5O. The fourth-order valence-electron chi connectivity index (χ4n) is 1.62. The molecule has 1 unspecified atom stereocenters. The van der Waals surface area contributed by atoms with E-state index < -0.39 is 0 Å². The number of aromatic nitrogens is 4. The van der Waals surface area contributed by atoms with Crippen molar-refractivity contribution in [3.8, 4) is 5.88 Å². The molecule has 6 nitrogen and oxygen atoms in total. The van der Waals surface area contributed by atoms with Gasteiger partial charge in [-0.2, -0.15) is 0 Å². The molecule has 0 aliphatic heterocycles. The number of ether oxygens (including phenoxy) is 1. The Morgan fingerprint density at radius 1 is 1.41 bits per heavy atom. The molecule has 2 aromatic rings. The summed E-state index contributed by atoms with van der Waals surface area (Å²) in [7, 11) is 1.58. The Morgan fingerprint density at radius 2 is 2.24 bits per heavy atom. The largest absolute Gasteiger partial charge is 0.481 e. The number of nitrogens with zero attached hydrogens (tertiary/aromatic N) is 4. The summed E-state index contributed by atoms with van der Waals surface area (Å²) in [4.78, 5) is 4.13. The van der Waals surface area contributed by atoms with Gasteiger partial charge in [0.25, 0.3) is 0 Å². The van der Waals surface area contributed by atoms with E-state index in [1.54, 1.807) is 30.3 Å². The van der Waals surface area contributed by atoms with Gasteiger partial charge in [-0.15, -0.1) is 5.10 Å². The number of pyridine rings is 1. The number of hydrogen-bond donors (Lipinski definition) is 1. The lowest BCUT2D eigenvalue weighted by Crippen LogP contribution is -2.17. The van der Waals surface area contributed by atoms with Crippen molar-refractivity contribution >= 4 is 0 Å². The highest BCUT2D eigenvalue weighted by atomic mass is 16.5. The molecule has 2 N–H and O–H groups in total. The first-order valence-electron chi connectivity index (χ1n) is 5.40. The highest BCUT2D eigenvalue weighted by Crippen LogP contribution is 2.19. The molecule has 0 aliphatic carbocycles. The van der Waals surface area contributed by atoms with Gasteiger partial charge in [0.1, 0.15) is 0 Å². The SMILES string of the molecule is CCn1nncc1C(N)c1ccc(OC)nc1. The van der Waals surface area contributed by atoms with Crippen LogP contribution in [0.2, 0.25) is 0 Å². The Hall–Kier alpha value is -1.95. The lowest BCUT2D eigenvalue weighted by atomic mass is 10.1. The lowest BCUT2D eigenvalue weighted by Gasteiger charge is -2.12. The molecule has 0 saturated carbocycles. The number of aryl methyl sites for hydroxylation is 1. The van der Waals surface area contributed by atoms with Crippen molar-refractivity contribution in [3.05, 3.63) is 35.8 Å². The third-order valence-corrected chi connectivity index (χ3v) is 2.59. The van der Waals surface area contributed by atoms with Crippen molar-refractivity contribution in [1.29, 1.82) is 0 Å². The summed E-state index contributed by atoms with van der Waals surface area (Å²) in [6, 6.07) is 3.40. The van der Waals surface area contributed by atoms with Crippen LogP contribution in [0.5, 0.6) is 5.88 Å². The van der Waals surface area contributed by atoms with Gasteiger partial charge in [-0.3, -0.25) is 0 Å². The van der Waals surface area contributed by atoms with Crippen LogP contribution in [0.25, 0.3) is 0 Å². The summed E-state index contributed by atoms with van der Waals surface area (Å²) in [6.45, 7) is 2.74. The average molecular weight is 233 g/mol. The minimum absolute atomic E-state index is 0.275. The second-order valence-corrected chi connectivity index (χ2v) is 3.59. The first-order valence-corrected chi connectivity index (χ1v) is 5.40. The molecule has 0 amide bonds. The number of methoxy groups -OCH3 is 1. The Morgan fingerprint density at radius 3 is 2.82 bits per heavy atom. The molecule has 0 bridgehead atoms. The van der Waals surface area contributed by atoms with Gasteiger partial charge >= 0.3 is 0 Å². The van der Waals surface area contributed by atoms with Crippen molar-refractivity contribution in [3.63, 3.8) is 0 Å². The number of nitrogens with two attached hydrogens (primary N) is 1. The van der Waals surface area contributed by atoms with E-state index in [-0.39, 0.29) is 6.04 Å². The molecule has 17 heavy (non-hydrogen) atoms. The maximum Gasteiger partial charge on any atom is 0.212 e. The molecule has 90 valence electrons. The lowest BCUT2D eigenvalue weighted by molar-refractivity contribution is 0.397. The minimum atomic E-state index is -0.275. The van der Waals surface area contributed by atoms with Crippen molar-refractivity contribution in [2.24, 2.45) is 5.73 Å². The van der Waals surface area contributed by atoms with Crippen LogP contribution in [0.3, 0.4) is 0 Å². The summed E-state index contributed by atoms with van der Waals surface area (Å²) in [6.07, 6.45) is 3.38. The molecule has 2 rings (SSSR count). The van der Waals surface area contributed by atoms with Gasteiger partial charge in [0.15, 0.2) is 0 Å². The zero-order chi connectivity index (χ0) is 12.3. The van der Waals surface area contributed by atoms with Gasteiger partial charge in [-0.25, -0.2) is 9.67 Å². The molecule has 0 spiro atoms. The normalized spacial score (nSPS) is 12.4. The van der Waals surface area contributed by atoms with Crippen LogP contribution in [0.1, 0.15) is 24.2 Å². The monoisotopic (exact) mass is 233 g/mol. The van der Waals surface area contributed by atoms with Crippen LogP contribution in [0, 0.1) is 0 Å². The molecule has 2 heterocycles. The van der Waals surface area contributed by atoms with Gasteiger partial charge in [0.2, 0.25) is 5.88 Å². The van der Waals surface area contributed by atoms with Crippen LogP contribution in [-0.2, 0) is 6.54 Å². The van der Waals surface area contributed by atoms with Crippen molar-refractivity contribution in [2.45, 2.75) is 19.5 Å². The molecule has 0 radical (unpaired) electrons. The van der Waals surface area contributed by atoms with Gasteiger partial charge in [0, 0.05) is 18.8 Å². The van der Waals surface area contributed by atoms with Crippen LogP contribution in [0.4, 0.5) is 0 Å². The average Bonchev–Trinajstić information content (AvgIpc) is 2.86. The molecule has 0 aromatic carbocycles. The van der Waals surface area contributed by atoms with E-state index in [2.05, 4.69) is 15.3 Å². The second-order valence-electron chi connectivity index (χ2n) is 3.59. The standard InChI is InChI=1S/C11H15N5O/c1-3-16-9(7-14-15-16)11(12)8-4-5-10(17-2)13-6-8/h4-7,11H,3,12H2,1-2H3. The topological polar surface area (TPSA) is 78.9 Å². The summed E-state index contributed by atoms with van der Waals surface area (Å²) < 4.78 is 6.78. The minimum Gasteiger partial charge on any atom is -0.481 e. The maximum absolute atomic E-state index is 6.15. The molecule has 0 saturated heterocycles. The predicted octanol–water partition coefficient (Wildman–Crippen LogP) is 0.750. The molecule has 0 fully saturated rings. The van der Waals surface area contributed by atoms with Crippen LogP contribution >= 0.6 is 0 Å². The molecule has 0 aliphatic rings. The van der Waals surface area contributed by atoms with Gasteiger partial charge in [0.05, 0.1) is 25.0 Å². The van der Waals surface area contributed by atoms with Crippen molar-refractivity contribution in [1.82, 2.24) is 20.0 Å². The van der Waals surface area contributed by atoms with Crippen LogP contribution < -0.4 is 10.5 Å². The maximum atomic E-state index is 6.15. The molecular weight excluding hydrogens is 218 g/mol. The summed E-state index contributed by atoms with van der Waals surface area (Å²) in [5.74, 6) is 0.572. The van der Waals surface area contributed by atoms with Gasteiger partial charge in [-0.1, -0.05) is 11.3 Å². The zero-order valence-corrected chi connectivity index (χ0v) is 9.87. The molecule has 6 heteroatoms. The highest BCUT2D eigenvalue weighted by Gasteiger charge is 2.14. The summed E-state index contributed by atoms with van der Waals surface area (Å²) >= 11 is 0. The van der Waals surface area contributed by atoms with Crippen LogP contribution in [0.15, 0.2) is 24.5 Å². The van der Waals surface area contributed by atoms with Crippen molar-refractivity contribution < 1.29 is 4.74 Å². The fourth-order valence-corrected chi connectivity index (χ4v) is 1.62. The van der Waals surface area contributed by atoms with Gasteiger partial charge < -0.3 is 10.5 Å². The Balaban J connectivity index is 2.27. The second kappa shape index (κ2) is 4.92. The van der Waals surface area contributed by atoms with E-state index >= 15 is 0 Å². The van der Waals surface area contributed by atoms with E-state index in [4.69, 9.17) is 10.5 Å². The first kappa shape index (κ1) is 11.5. The predicted molar refractivity (Wildman–Crippen MR) is 62.5 cm³/mol. The summed E-state index contributed by atoms with van der Waals surface area (Å²) in [5.41, 5.74) is 7.93. The highest BCUT2D eigenvalue weighted by molar-refractivity contribution is 5.26. The third kappa shape index (κ3) is 2.26. The van der Waals surface area contributed by atoms with E-state index in [1.807, 2.05) is 13.0 Å². The number of rotatable bonds is 4. The Bertz CT molecular complexity index is 479. The third-order valence-electron chi connectivity index (χ3n) is 2.59. The summed E-state index contributed by atoms with van der Waals surface area (Å²) in [5, 5.41) is 7.82. The Labute approximate surface area is 99.4 Å². The smallest absolute Gasteiger partial charge is 0.212 e. The van der Waals surface area contributed by atoms with Crippen molar-refractivity contribution in [2.75, 3.05) is 7.11 Å². The van der Waals surface area contributed by atoms with E-state index in [0.29, 0.717) is 5.88 Å². The van der Waals surface area contributed by atoms with Gasteiger partial charge in [-0.05, 0) is 12.5 Å². The van der Waals surface area contributed by atoms with E-state index in [0.717, 1.165) is 17.8 Å². The molecule has 2 aromatic heterocycles. The fraction of sp³-hybridized carbons (Fsp3) is 0.364. The first-order chi connectivity index (χ1) is 8.26. The quantitative estimate of drug-likeness (QED) is 0.843. The molecule has 1 atom stereocenters. The zero-order valence-electron chi connectivity index (χ0n) is 9.87. The van der Waals surface area contributed by atoms with Crippen LogP contribution in [-0.4, -0.2) is 27.1 Å². The van der Waals surface area contributed by atoms with E-state index in [1.165, 1.54) is 0 Å². The Kier molecular flexibility index (Phi) is 3.34. The number of hydrogen-bond acceptors (Lipinski definition) is 5.